The number of aliphatic hydroxyl groups is 1. The maximum Gasteiger partial charge on any atom is 0.258 e. The minimum Gasteiger partial charge on any atom is -0.488 e. The van der Waals surface area contributed by atoms with Crippen LogP contribution in [0, 0.1) is 5.92 Å². The normalized spacial score (nSPS) is 18.4. The van der Waals surface area contributed by atoms with Gasteiger partial charge in [0.25, 0.3) is 5.91 Å². The van der Waals surface area contributed by atoms with E-state index in [1.165, 1.54) is 57.6 Å². The van der Waals surface area contributed by atoms with Gasteiger partial charge in [-0.3, -0.25) is 9.59 Å². The molecule has 2 amide bonds. The number of amides is 2. The van der Waals surface area contributed by atoms with Crippen molar-refractivity contribution in [3.63, 3.8) is 0 Å². The topological polar surface area (TPSA) is 160 Å². The highest BCUT2D eigenvalue weighted by molar-refractivity contribution is 7.89. The average molecular weight is 592 g/mol. The van der Waals surface area contributed by atoms with Gasteiger partial charge >= 0.3 is 0 Å². The van der Waals surface area contributed by atoms with E-state index in [0.717, 1.165) is 0 Å². The number of benzene rings is 2. The Kier molecular flexibility index (Phi) is 9.03. The molecule has 40 heavy (non-hydrogen) atoms. The van der Waals surface area contributed by atoms with Crippen LogP contribution in [0.4, 0.5) is 5.69 Å². The molecule has 3 aromatic rings. The molecule has 4 rings (SSSR count). The van der Waals surface area contributed by atoms with Crippen LogP contribution in [-0.2, 0) is 21.4 Å². The lowest BCUT2D eigenvalue weighted by Gasteiger charge is -2.38. The van der Waals surface area contributed by atoms with Crippen LogP contribution < -0.4 is 10.1 Å². The Balaban J connectivity index is 1.62. The van der Waals surface area contributed by atoms with E-state index in [9.17, 15) is 23.1 Å². The second kappa shape index (κ2) is 12.3. The molecule has 1 aliphatic rings. The maximum absolute atomic E-state index is 13.6. The van der Waals surface area contributed by atoms with Crippen molar-refractivity contribution >= 4 is 39.1 Å². The molecule has 0 radical (unpaired) electrons. The Hall–Kier alpha value is -3.59. The molecule has 13 nitrogen and oxygen atoms in total. The number of sulfonamides is 1. The van der Waals surface area contributed by atoms with Crippen LogP contribution in [0.2, 0.25) is 5.02 Å². The summed E-state index contributed by atoms with van der Waals surface area (Å²) in [6.45, 7) is 3.37. The number of nitrogens with one attached hydrogen (secondary N) is 1. The lowest BCUT2D eigenvalue weighted by atomic mass is 9.99. The summed E-state index contributed by atoms with van der Waals surface area (Å²) in [5.74, 6) is -0.870. The fourth-order valence-corrected chi connectivity index (χ4v) is 5.57. The molecule has 0 unspecified atom stereocenters. The van der Waals surface area contributed by atoms with E-state index >= 15 is 0 Å². The molecule has 2 N–H and O–H groups in total. The number of tetrazole rings is 1. The third-order valence-corrected chi connectivity index (χ3v) is 8.69. The summed E-state index contributed by atoms with van der Waals surface area (Å²) in [4.78, 5) is 27.7. The third kappa shape index (κ3) is 6.58. The van der Waals surface area contributed by atoms with Crippen LogP contribution >= 0.6 is 11.6 Å². The molecule has 0 saturated heterocycles. The van der Waals surface area contributed by atoms with E-state index < -0.39 is 28.1 Å². The summed E-state index contributed by atoms with van der Waals surface area (Å²) in [7, 11) is -2.39. The molecular formula is C25H30ClN7O6S. The van der Waals surface area contributed by atoms with Crippen molar-refractivity contribution in [3.8, 4) is 5.75 Å². The number of aromatic nitrogens is 4. The highest BCUT2D eigenvalue weighted by Crippen LogP contribution is 2.31. The maximum atomic E-state index is 13.6. The van der Waals surface area contributed by atoms with Gasteiger partial charge in [0.05, 0.1) is 29.7 Å². The lowest BCUT2D eigenvalue weighted by Crippen LogP contribution is -2.50. The van der Waals surface area contributed by atoms with Crippen LogP contribution in [0.1, 0.15) is 24.2 Å². The van der Waals surface area contributed by atoms with Crippen molar-refractivity contribution in [2.45, 2.75) is 37.4 Å². The number of ether oxygens (including phenoxy) is 1. The first-order chi connectivity index (χ1) is 19.0. The van der Waals surface area contributed by atoms with Crippen LogP contribution in [0.5, 0.6) is 5.75 Å². The average Bonchev–Trinajstić information content (AvgIpc) is 3.43. The van der Waals surface area contributed by atoms with E-state index in [1.54, 1.807) is 19.1 Å². The standard InChI is InChI=1S/C25H30ClN7O6S/c1-16-11-33(17(2)14-34)25(36)21-10-19(28-24(35)13-32-15-27-29-30-32)6-9-22(21)39-23(16)12-31(3)40(37,38)20-7-4-18(26)5-8-20/h4-10,15-17,23,34H,11-14H2,1-3H3,(H,28,35)/t16-,17+,23+/m0/s1. The van der Waals surface area contributed by atoms with Crippen molar-refractivity contribution in [3.05, 3.63) is 59.4 Å². The molecule has 15 heteroatoms. The predicted octanol–water partition coefficient (Wildman–Crippen LogP) is 1.51. The van der Waals surface area contributed by atoms with Gasteiger partial charge in [-0.25, -0.2) is 13.1 Å². The van der Waals surface area contributed by atoms with E-state index in [4.69, 9.17) is 16.3 Å². The van der Waals surface area contributed by atoms with Gasteiger partial charge in [-0.1, -0.05) is 18.5 Å². The Morgan fingerprint density at radius 3 is 2.65 bits per heavy atom. The van der Waals surface area contributed by atoms with E-state index in [-0.39, 0.29) is 54.3 Å². The largest absolute Gasteiger partial charge is 0.488 e. The first-order valence-corrected chi connectivity index (χ1v) is 14.3. The minimum absolute atomic E-state index is 0.00840. The molecule has 1 aliphatic heterocycles. The van der Waals surface area contributed by atoms with Gasteiger partial charge in [0.15, 0.2) is 0 Å². The van der Waals surface area contributed by atoms with Gasteiger partial charge in [-0.15, -0.1) is 5.10 Å². The molecule has 2 aromatic carbocycles. The molecule has 3 atom stereocenters. The number of hydrogen-bond donors (Lipinski definition) is 2. The van der Waals surface area contributed by atoms with Crippen molar-refractivity contribution in [1.29, 1.82) is 0 Å². The molecule has 0 fully saturated rings. The van der Waals surface area contributed by atoms with Gasteiger partial charge in [0, 0.05) is 30.2 Å². The number of carbonyl (C=O) groups excluding carboxylic acids is 2. The molecule has 1 aromatic heterocycles. The zero-order valence-corrected chi connectivity index (χ0v) is 23.7. The zero-order valence-electron chi connectivity index (χ0n) is 22.1. The predicted molar refractivity (Wildman–Crippen MR) is 145 cm³/mol. The van der Waals surface area contributed by atoms with Crippen LogP contribution in [-0.4, -0.2) is 93.6 Å². The van der Waals surface area contributed by atoms with Crippen LogP contribution in [0.25, 0.3) is 0 Å². The van der Waals surface area contributed by atoms with E-state index in [2.05, 4.69) is 20.8 Å². The number of rotatable bonds is 9. The Bertz CT molecular complexity index is 1450. The summed E-state index contributed by atoms with van der Waals surface area (Å²) >= 11 is 5.92. The first-order valence-electron chi connectivity index (χ1n) is 12.4. The zero-order chi connectivity index (χ0) is 29.0. The van der Waals surface area contributed by atoms with Crippen molar-refractivity contribution in [2.24, 2.45) is 5.92 Å². The Morgan fingerprint density at radius 2 is 2.00 bits per heavy atom. The van der Waals surface area contributed by atoms with E-state index in [0.29, 0.717) is 10.7 Å². The summed E-state index contributed by atoms with van der Waals surface area (Å²) in [6.07, 6.45) is 0.657. The van der Waals surface area contributed by atoms with Gasteiger partial charge in [0.1, 0.15) is 24.7 Å². The Labute approximate surface area is 236 Å². The van der Waals surface area contributed by atoms with Gasteiger partial charge in [0.2, 0.25) is 15.9 Å². The number of aliphatic hydroxyl groups excluding tert-OH is 1. The van der Waals surface area contributed by atoms with Crippen LogP contribution in [0.3, 0.4) is 0 Å². The third-order valence-electron chi connectivity index (χ3n) is 6.60. The summed E-state index contributed by atoms with van der Waals surface area (Å²) < 4.78 is 35.2. The summed E-state index contributed by atoms with van der Waals surface area (Å²) in [6, 6.07) is 10.00. The molecule has 2 heterocycles. The van der Waals surface area contributed by atoms with Crippen molar-refractivity contribution < 1.29 is 27.9 Å². The lowest BCUT2D eigenvalue weighted by molar-refractivity contribution is -0.116. The Morgan fingerprint density at radius 1 is 1.27 bits per heavy atom. The first kappa shape index (κ1) is 29.4. The molecule has 0 bridgehead atoms. The van der Waals surface area contributed by atoms with Gasteiger partial charge in [-0.2, -0.15) is 4.31 Å². The number of halogens is 1. The SMILES string of the molecule is C[C@H](CO)N1C[C@H](C)[C@@H](CN(C)S(=O)(=O)c2ccc(Cl)cc2)Oc2ccc(NC(=O)Cn3cnnn3)cc2C1=O. The molecular weight excluding hydrogens is 562 g/mol. The number of hydrogen-bond acceptors (Lipinski definition) is 9. The second-order valence-corrected chi connectivity index (χ2v) is 12.1. The number of likely N-dealkylation sites (N-methyl/N-ethyl adjacent to an activating group) is 1. The van der Waals surface area contributed by atoms with E-state index in [1.807, 2.05) is 6.92 Å². The number of nitrogens with zero attached hydrogens (tertiary/aromatic N) is 6. The van der Waals surface area contributed by atoms with Gasteiger partial charge < -0.3 is 20.1 Å². The molecule has 0 saturated carbocycles. The number of fused-ring (bicyclic) bond motifs is 1. The minimum atomic E-state index is -3.85. The van der Waals surface area contributed by atoms with Crippen LogP contribution in [0.15, 0.2) is 53.7 Å². The fraction of sp³-hybridized carbons (Fsp3) is 0.400. The highest BCUT2D eigenvalue weighted by Gasteiger charge is 2.35. The molecule has 0 aliphatic carbocycles. The highest BCUT2D eigenvalue weighted by atomic mass is 35.5. The molecule has 214 valence electrons. The molecule has 0 spiro atoms. The summed E-state index contributed by atoms with van der Waals surface area (Å²) in [5.41, 5.74) is 0.513. The second-order valence-electron chi connectivity index (χ2n) is 9.63. The number of anilines is 1. The summed E-state index contributed by atoms with van der Waals surface area (Å²) in [5, 5.41) is 23.6. The smallest absolute Gasteiger partial charge is 0.258 e. The van der Waals surface area contributed by atoms with Crippen molar-refractivity contribution in [2.75, 3.05) is 32.1 Å². The fourth-order valence-electron chi connectivity index (χ4n) is 4.26. The van der Waals surface area contributed by atoms with Crippen molar-refractivity contribution in [1.82, 2.24) is 29.4 Å². The quantitative estimate of drug-likeness (QED) is 0.376. The van der Waals surface area contributed by atoms with Gasteiger partial charge in [-0.05, 0) is 59.8 Å². The number of carbonyl (C=O) groups is 2. The monoisotopic (exact) mass is 591 g/mol.